The van der Waals surface area contributed by atoms with E-state index in [4.69, 9.17) is 4.74 Å². The highest BCUT2D eigenvalue weighted by atomic mass is 32.2. The summed E-state index contributed by atoms with van der Waals surface area (Å²) in [6.45, 7) is 2.78. The van der Waals surface area contributed by atoms with E-state index < -0.39 is 38.2 Å². The van der Waals surface area contributed by atoms with Gasteiger partial charge in [-0.1, -0.05) is 12.1 Å². The first-order valence-corrected chi connectivity index (χ1v) is 15.8. The minimum Gasteiger partial charge on any atom is -0.489 e. The molecule has 228 valence electrons. The normalized spacial score (nSPS) is 17.4. The molecule has 14 heteroatoms. The molecule has 2 aromatic heterocycles. The quantitative estimate of drug-likeness (QED) is 0.331. The van der Waals surface area contributed by atoms with Crippen LogP contribution in [0.5, 0.6) is 5.75 Å². The highest BCUT2D eigenvalue weighted by molar-refractivity contribution is 7.91. The van der Waals surface area contributed by atoms with Gasteiger partial charge < -0.3 is 15.0 Å². The second-order valence-electron chi connectivity index (χ2n) is 11.6. The van der Waals surface area contributed by atoms with Crippen molar-refractivity contribution in [3.8, 4) is 5.75 Å². The predicted molar refractivity (Wildman–Crippen MR) is 156 cm³/mol. The van der Waals surface area contributed by atoms with Crippen LogP contribution in [0, 0.1) is 18.6 Å². The number of hydrogen-bond donors (Lipinski definition) is 2. The van der Waals surface area contributed by atoms with Crippen LogP contribution in [0.3, 0.4) is 0 Å². The molecule has 0 radical (unpaired) electrons. The van der Waals surface area contributed by atoms with Crippen LogP contribution < -0.4 is 14.8 Å². The number of hydrogen-bond acceptors (Lipinski definition) is 8. The van der Waals surface area contributed by atoms with Gasteiger partial charge in [0.25, 0.3) is 11.8 Å². The molecule has 2 aliphatic heterocycles. The molecular formula is C30H28F2N6O5S. The second-order valence-corrected chi connectivity index (χ2v) is 13.5. The topological polar surface area (TPSA) is 135 Å². The number of carbonyl (C=O) groups is 2. The maximum Gasteiger partial charge on any atom is 0.270 e. The zero-order valence-corrected chi connectivity index (χ0v) is 24.5. The number of sulfonamides is 1. The Morgan fingerprint density at radius 1 is 1.07 bits per heavy atom. The van der Waals surface area contributed by atoms with Crippen LogP contribution in [0.15, 0.2) is 48.8 Å². The van der Waals surface area contributed by atoms with Crippen molar-refractivity contribution in [2.45, 2.75) is 43.3 Å². The Morgan fingerprint density at radius 3 is 2.57 bits per heavy atom. The van der Waals surface area contributed by atoms with Crippen molar-refractivity contribution < 1.29 is 31.5 Å². The largest absolute Gasteiger partial charge is 0.489 e. The number of ether oxygens (including phenoxy) is 1. The Kier molecular flexibility index (Phi) is 6.57. The number of nitrogens with one attached hydrogen (secondary N) is 2. The average Bonchev–Trinajstić information content (AvgIpc) is 3.69. The lowest BCUT2D eigenvalue weighted by Gasteiger charge is -2.38. The van der Waals surface area contributed by atoms with Gasteiger partial charge in [0.15, 0.2) is 17.2 Å². The van der Waals surface area contributed by atoms with Crippen molar-refractivity contribution in [3.63, 3.8) is 0 Å². The van der Waals surface area contributed by atoms with E-state index in [-0.39, 0.29) is 34.2 Å². The summed E-state index contributed by atoms with van der Waals surface area (Å²) in [5, 5.41) is 6.85. The lowest BCUT2D eigenvalue weighted by Crippen LogP contribution is -2.46. The molecule has 1 saturated heterocycles. The minimum atomic E-state index is -3.82. The molecule has 7 rings (SSSR count). The molecule has 1 spiro atoms. The standard InChI is InChI=1S/C30H28F2N6O5S/c1-17-13-18(31)5-8-24(17)35-27-21(14-33-26-20(15-34-38(26)27)28(39)36-44(41,42)19-6-7-19)29(40)37-11-9-30(10-12-37)16-43-25-22(30)3-2-4-23(25)32/h2-5,8,13-15,19,35H,6-7,9-12,16H2,1H3,(H,36,39). The molecule has 2 aromatic carbocycles. The highest BCUT2D eigenvalue weighted by Crippen LogP contribution is 2.46. The molecule has 2 fully saturated rings. The molecule has 2 N–H and O–H groups in total. The number of para-hydroxylation sites is 1. The third-order valence-electron chi connectivity index (χ3n) is 8.68. The number of anilines is 2. The number of rotatable bonds is 6. The van der Waals surface area contributed by atoms with E-state index in [0.29, 0.717) is 56.6 Å². The summed E-state index contributed by atoms with van der Waals surface area (Å²) >= 11 is 0. The first-order valence-electron chi connectivity index (χ1n) is 14.2. The van der Waals surface area contributed by atoms with E-state index in [1.54, 1.807) is 17.9 Å². The zero-order valence-electron chi connectivity index (χ0n) is 23.6. The fourth-order valence-electron chi connectivity index (χ4n) is 5.99. The van der Waals surface area contributed by atoms with Gasteiger partial charge in [-0.3, -0.25) is 9.59 Å². The third kappa shape index (κ3) is 4.73. The van der Waals surface area contributed by atoms with Crippen molar-refractivity contribution in [1.82, 2.24) is 24.2 Å². The van der Waals surface area contributed by atoms with Gasteiger partial charge in [0, 0.05) is 36.0 Å². The third-order valence-corrected chi connectivity index (χ3v) is 10.5. The van der Waals surface area contributed by atoms with Crippen LogP contribution in [0.2, 0.25) is 0 Å². The number of aryl methyl sites for hydroxylation is 1. The number of benzene rings is 2. The fraction of sp³-hybridized carbons (Fsp3) is 0.333. The summed E-state index contributed by atoms with van der Waals surface area (Å²) in [7, 11) is -3.82. The number of carbonyl (C=O) groups excluding carboxylic acids is 2. The number of fused-ring (bicyclic) bond motifs is 3. The smallest absolute Gasteiger partial charge is 0.270 e. The molecule has 4 aromatic rings. The van der Waals surface area contributed by atoms with Crippen LogP contribution >= 0.6 is 0 Å². The van der Waals surface area contributed by atoms with Gasteiger partial charge in [0.2, 0.25) is 10.0 Å². The molecule has 1 saturated carbocycles. The Bertz CT molecular complexity index is 1950. The summed E-state index contributed by atoms with van der Waals surface area (Å²) in [4.78, 5) is 33.0. The molecule has 4 heterocycles. The Hall–Kier alpha value is -4.59. The average molecular weight is 623 g/mol. The number of piperidine rings is 1. The summed E-state index contributed by atoms with van der Waals surface area (Å²) < 4.78 is 62.1. The van der Waals surface area contributed by atoms with Crippen molar-refractivity contribution in [2.75, 3.05) is 25.0 Å². The van der Waals surface area contributed by atoms with E-state index in [9.17, 15) is 26.8 Å². The molecule has 44 heavy (non-hydrogen) atoms. The molecule has 3 aliphatic rings. The van der Waals surface area contributed by atoms with Crippen molar-refractivity contribution >= 4 is 39.0 Å². The van der Waals surface area contributed by atoms with E-state index in [2.05, 4.69) is 20.1 Å². The Labute approximate surface area is 251 Å². The summed E-state index contributed by atoms with van der Waals surface area (Å²) in [5.41, 5.74) is 1.56. The predicted octanol–water partition coefficient (Wildman–Crippen LogP) is 3.85. The van der Waals surface area contributed by atoms with E-state index in [1.807, 2.05) is 6.07 Å². The molecule has 1 aliphatic carbocycles. The number of aromatic nitrogens is 3. The van der Waals surface area contributed by atoms with E-state index >= 15 is 0 Å². The second kappa shape index (κ2) is 10.3. The van der Waals surface area contributed by atoms with Crippen LogP contribution in [-0.2, 0) is 15.4 Å². The van der Waals surface area contributed by atoms with Gasteiger partial charge in [-0.2, -0.15) is 9.61 Å². The first-order chi connectivity index (χ1) is 21.1. The monoisotopic (exact) mass is 622 g/mol. The zero-order chi connectivity index (χ0) is 30.8. The fourth-order valence-corrected chi connectivity index (χ4v) is 7.28. The molecular weight excluding hydrogens is 594 g/mol. The molecule has 11 nitrogen and oxygen atoms in total. The number of halogens is 2. The highest BCUT2D eigenvalue weighted by Gasteiger charge is 2.45. The number of nitrogens with zero attached hydrogens (tertiary/aromatic N) is 4. The first kappa shape index (κ1) is 28.2. The minimum absolute atomic E-state index is 0.0339. The Balaban J connectivity index is 1.22. The SMILES string of the molecule is Cc1cc(F)ccc1Nc1c(C(=O)N2CCC3(CC2)COc2c(F)cccc23)cnc2c(C(=O)NS(=O)(=O)C3CC3)cnn12. The van der Waals surface area contributed by atoms with Gasteiger partial charge in [-0.25, -0.2) is 26.9 Å². The van der Waals surface area contributed by atoms with Crippen molar-refractivity contribution in [2.24, 2.45) is 0 Å². The van der Waals surface area contributed by atoms with Gasteiger partial charge in [0.05, 0.1) is 18.1 Å². The number of likely N-dealkylation sites (tertiary alicyclic amines) is 1. The molecule has 2 amide bonds. The van der Waals surface area contributed by atoms with Crippen LogP contribution in [-0.4, -0.2) is 64.7 Å². The molecule has 0 bridgehead atoms. The van der Waals surface area contributed by atoms with Crippen LogP contribution in [0.25, 0.3) is 5.65 Å². The summed E-state index contributed by atoms with van der Waals surface area (Å²) in [6, 6.07) is 9.03. The lowest BCUT2D eigenvalue weighted by atomic mass is 9.74. The van der Waals surface area contributed by atoms with Gasteiger partial charge >= 0.3 is 0 Å². The lowest BCUT2D eigenvalue weighted by molar-refractivity contribution is 0.0646. The Morgan fingerprint density at radius 2 is 1.84 bits per heavy atom. The van der Waals surface area contributed by atoms with E-state index in [1.165, 1.54) is 41.2 Å². The summed E-state index contributed by atoms with van der Waals surface area (Å²) in [6.07, 6.45) is 4.61. The van der Waals surface area contributed by atoms with E-state index in [0.717, 1.165) is 5.56 Å². The van der Waals surface area contributed by atoms with Gasteiger partial charge in [0.1, 0.15) is 22.8 Å². The number of amides is 2. The maximum absolute atomic E-state index is 14.3. The summed E-state index contributed by atoms with van der Waals surface area (Å²) in [5.74, 6) is -1.62. The van der Waals surface area contributed by atoms with Crippen LogP contribution in [0.4, 0.5) is 20.3 Å². The maximum atomic E-state index is 14.3. The van der Waals surface area contributed by atoms with Gasteiger partial charge in [-0.05, 0) is 62.4 Å². The molecule has 0 unspecified atom stereocenters. The van der Waals surface area contributed by atoms with Gasteiger partial charge in [-0.15, -0.1) is 0 Å². The van der Waals surface area contributed by atoms with Crippen LogP contribution in [0.1, 0.15) is 57.5 Å². The van der Waals surface area contributed by atoms with Crippen molar-refractivity contribution in [1.29, 1.82) is 0 Å². The molecule has 0 atom stereocenters. The van der Waals surface area contributed by atoms with Crippen molar-refractivity contribution in [3.05, 3.63) is 82.7 Å².